The molecule has 0 saturated carbocycles. The third kappa shape index (κ3) is 5.46. The number of benzene rings is 8. The number of hydrogen-bond acceptors (Lipinski definition) is 4. The Labute approximate surface area is 371 Å². The van der Waals surface area contributed by atoms with Gasteiger partial charge in [-0.05, 0) is 134 Å². The standard InChI is InChI=1S/C58H44N2S2/c1-57(2)49-21-13-11-19-43(49)47-35-41(27-29-51(47)57)59(38-15-7-5-8-16-38)40-25-23-37(24-26-40)53-45-31-33-62-56(45)54(46-32-34-61-55(46)53)60(39-17-9-6-10-18-39)42-28-30-52-48(36-42)44-20-12-14-22-50(44)58(52,3)4/h5-36H,1-4H3. The Bertz CT molecular complexity index is 3300. The molecule has 0 atom stereocenters. The fraction of sp³-hybridized carbons (Fsp3) is 0.103. The van der Waals surface area contributed by atoms with Gasteiger partial charge in [0.15, 0.2) is 0 Å². The molecule has 0 saturated heterocycles. The first-order valence-electron chi connectivity index (χ1n) is 21.5. The molecule has 8 aromatic carbocycles. The highest BCUT2D eigenvalue weighted by Gasteiger charge is 2.37. The van der Waals surface area contributed by atoms with Crippen LogP contribution >= 0.6 is 22.7 Å². The van der Waals surface area contributed by atoms with Gasteiger partial charge in [0.05, 0.1) is 10.4 Å². The van der Waals surface area contributed by atoms with Crippen molar-refractivity contribution in [3.05, 3.63) is 215 Å². The summed E-state index contributed by atoms with van der Waals surface area (Å²) in [6.07, 6.45) is 0. The SMILES string of the molecule is CC1(C)c2ccccc2-c2cc(N(c3ccccc3)c3ccc(-c4c5ccsc5c(N(c5ccccc5)c5ccc6c(c5)-c5ccccc5C6(C)C)c5ccsc45)cc3)ccc21. The maximum absolute atomic E-state index is 2.50. The number of para-hydroxylation sites is 2. The molecule has 0 spiro atoms. The Kier molecular flexibility index (Phi) is 8.31. The van der Waals surface area contributed by atoms with Gasteiger partial charge in [0.25, 0.3) is 0 Å². The average molecular weight is 833 g/mol. The lowest BCUT2D eigenvalue weighted by Crippen LogP contribution is -2.15. The summed E-state index contributed by atoms with van der Waals surface area (Å²) < 4.78 is 2.58. The molecule has 2 nitrogen and oxygen atoms in total. The molecule has 4 heteroatoms. The van der Waals surface area contributed by atoms with Crippen LogP contribution < -0.4 is 9.80 Å². The number of hydrogen-bond donors (Lipinski definition) is 0. The molecule has 2 aliphatic rings. The molecule has 0 unspecified atom stereocenters. The number of rotatable bonds is 7. The van der Waals surface area contributed by atoms with Crippen LogP contribution in [0, 0.1) is 0 Å². The Morgan fingerprint density at radius 2 is 0.790 bits per heavy atom. The lowest BCUT2D eigenvalue weighted by Gasteiger charge is -2.29. The van der Waals surface area contributed by atoms with Crippen molar-refractivity contribution in [1.82, 2.24) is 0 Å². The van der Waals surface area contributed by atoms with E-state index in [1.807, 2.05) is 22.7 Å². The number of anilines is 6. The van der Waals surface area contributed by atoms with Gasteiger partial charge < -0.3 is 9.80 Å². The molecule has 298 valence electrons. The minimum atomic E-state index is -0.0520. The molecule has 12 rings (SSSR count). The van der Waals surface area contributed by atoms with Gasteiger partial charge in [-0.25, -0.2) is 0 Å². The minimum absolute atomic E-state index is 0.0397. The average Bonchev–Trinajstić information content (AvgIpc) is 4.09. The first-order valence-corrected chi connectivity index (χ1v) is 23.2. The summed E-state index contributed by atoms with van der Waals surface area (Å²) in [5.41, 5.74) is 20.2. The number of thiophene rings is 2. The van der Waals surface area contributed by atoms with Crippen LogP contribution in [0.15, 0.2) is 193 Å². The highest BCUT2D eigenvalue weighted by atomic mass is 32.1. The molecule has 0 fully saturated rings. The fourth-order valence-electron chi connectivity index (χ4n) is 10.6. The molecule has 0 aliphatic heterocycles. The van der Waals surface area contributed by atoms with Crippen LogP contribution in [0.3, 0.4) is 0 Å². The molecule has 2 aromatic heterocycles. The molecule has 0 amide bonds. The van der Waals surface area contributed by atoms with E-state index in [-0.39, 0.29) is 10.8 Å². The zero-order valence-electron chi connectivity index (χ0n) is 35.2. The Morgan fingerprint density at radius 1 is 0.355 bits per heavy atom. The van der Waals surface area contributed by atoms with Crippen molar-refractivity contribution in [2.75, 3.05) is 9.80 Å². The van der Waals surface area contributed by atoms with E-state index < -0.39 is 0 Å². The number of fused-ring (bicyclic) bond motifs is 8. The highest BCUT2D eigenvalue weighted by molar-refractivity contribution is 7.20. The number of nitrogens with zero attached hydrogens (tertiary/aromatic N) is 2. The Balaban J connectivity index is 0.996. The van der Waals surface area contributed by atoms with E-state index in [0.29, 0.717) is 0 Å². The van der Waals surface area contributed by atoms with E-state index in [1.165, 1.54) is 87.2 Å². The van der Waals surface area contributed by atoms with Crippen LogP contribution in [0.25, 0.3) is 53.6 Å². The summed E-state index contributed by atoms with van der Waals surface area (Å²) in [6, 6.07) is 67.6. The largest absolute Gasteiger partial charge is 0.310 e. The van der Waals surface area contributed by atoms with Crippen LogP contribution in [0.2, 0.25) is 0 Å². The zero-order valence-corrected chi connectivity index (χ0v) is 36.8. The van der Waals surface area contributed by atoms with E-state index in [4.69, 9.17) is 0 Å². The maximum Gasteiger partial charge on any atom is 0.0727 e. The molecule has 2 aliphatic carbocycles. The third-order valence-corrected chi connectivity index (χ3v) is 15.5. The highest BCUT2D eigenvalue weighted by Crippen LogP contribution is 2.55. The lowest BCUT2D eigenvalue weighted by atomic mass is 9.82. The summed E-state index contributed by atoms with van der Waals surface area (Å²) in [7, 11) is 0. The van der Waals surface area contributed by atoms with Gasteiger partial charge in [0, 0.05) is 60.3 Å². The van der Waals surface area contributed by atoms with Crippen molar-refractivity contribution in [1.29, 1.82) is 0 Å². The second kappa shape index (κ2) is 13.9. The van der Waals surface area contributed by atoms with Crippen LogP contribution in [0.4, 0.5) is 34.1 Å². The van der Waals surface area contributed by atoms with Crippen LogP contribution in [-0.4, -0.2) is 0 Å². The van der Waals surface area contributed by atoms with Crippen LogP contribution in [-0.2, 0) is 10.8 Å². The molecule has 2 heterocycles. The minimum Gasteiger partial charge on any atom is -0.310 e. The molecular formula is C58H44N2S2. The first kappa shape index (κ1) is 37.1. The normalized spacial score (nSPS) is 14.1. The van der Waals surface area contributed by atoms with Gasteiger partial charge in [-0.15, -0.1) is 22.7 Å². The van der Waals surface area contributed by atoms with Crippen molar-refractivity contribution >= 4 is 77.0 Å². The van der Waals surface area contributed by atoms with Gasteiger partial charge in [-0.1, -0.05) is 137 Å². The second-order valence-electron chi connectivity index (χ2n) is 17.7. The summed E-state index contributed by atoms with van der Waals surface area (Å²) in [5.74, 6) is 0. The lowest BCUT2D eigenvalue weighted by molar-refractivity contribution is 0.660. The van der Waals surface area contributed by atoms with E-state index in [2.05, 4.69) is 230 Å². The van der Waals surface area contributed by atoms with E-state index in [1.54, 1.807) is 0 Å². The van der Waals surface area contributed by atoms with Crippen LogP contribution in [0.5, 0.6) is 0 Å². The molecule has 10 aromatic rings. The quantitative estimate of drug-likeness (QED) is 0.158. The van der Waals surface area contributed by atoms with Crippen molar-refractivity contribution in [2.45, 2.75) is 38.5 Å². The maximum atomic E-state index is 2.50. The van der Waals surface area contributed by atoms with Crippen molar-refractivity contribution in [3.8, 4) is 33.4 Å². The van der Waals surface area contributed by atoms with Crippen LogP contribution in [0.1, 0.15) is 49.9 Å². The predicted molar refractivity (Wildman–Crippen MR) is 267 cm³/mol. The van der Waals surface area contributed by atoms with Crippen molar-refractivity contribution in [3.63, 3.8) is 0 Å². The molecule has 62 heavy (non-hydrogen) atoms. The topological polar surface area (TPSA) is 6.48 Å². The van der Waals surface area contributed by atoms with E-state index in [9.17, 15) is 0 Å². The van der Waals surface area contributed by atoms with E-state index >= 15 is 0 Å². The summed E-state index contributed by atoms with van der Waals surface area (Å²) in [5, 5.41) is 7.08. The second-order valence-corrected chi connectivity index (χ2v) is 19.6. The molecule has 0 N–H and O–H groups in total. The molecule has 0 radical (unpaired) electrons. The Morgan fingerprint density at radius 3 is 1.37 bits per heavy atom. The predicted octanol–water partition coefficient (Wildman–Crippen LogP) is 17.3. The summed E-state index contributed by atoms with van der Waals surface area (Å²) >= 11 is 3.67. The molecule has 0 bridgehead atoms. The van der Waals surface area contributed by atoms with Crippen molar-refractivity contribution in [2.24, 2.45) is 0 Å². The summed E-state index contributed by atoms with van der Waals surface area (Å²) in [4.78, 5) is 4.90. The molecular weight excluding hydrogens is 789 g/mol. The van der Waals surface area contributed by atoms with Gasteiger partial charge in [0.1, 0.15) is 0 Å². The Hall–Kier alpha value is -6.72. The van der Waals surface area contributed by atoms with Gasteiger partial charge in [-0.2, -0.15) is 0 Å². The summed E-state index contributed by atoms with van der Waals surface area (Å²) in [6.45, 7) is 9.40. The monoisotopic (exact) mass is 832 g/mol. The third-order valence-electron chi connectivity index (χ3n) is 13.6. The smallest absolute Gasteiger partial charge is 0.0727 e. The first-order chi connectivity index (χ1) is 30.3. The van der Waals surface area contributed by atoms with Gasteiger partial charge >= 0.3 is 0 Å². The van der Waals surface area contributed by atoms with Gasteiger partial charge in [0.2, 0.25) is 0 Å². The zero-order chi connectivity index (χ0) is 41.7. The van der Waals surface area contributed by atoms with E-state index in [0.717, 1.165) is 22.7 Å². The van der Waals surface area contributed by atoms with Gasteiger partial charge in [-0.3, -0.25) is 0 Å². The van der Waals surface area contributed by atoms with Crippen molar-refractivity contribution < 1.29 is 0 Å². The fourth-order valence-corrected chi connectivity index (χ4v) is 12.5.